The van der Waals surface area contributed by atoms with Crippen LogP contribution in [0, 0.1) is 13.8 Å². The van der Waals surface area contributed by atoms with E-state index in [9.17, 15) is 13.2 Å². The number of nitrogens with zero attached hydrogens (tertiary/aromatic N) is 4. The van der Waals surface area contributed by atoms with E-state index in [2.05, 4.69) is 16.0 Å². The van der Waals surface area contributed by atoms with Crippen molar-refractivity contribution < 1.29 is 17.9 Å². The summed E-state index contributed by atoms with van der Waals surface area (Å²) >= 11 is 0. The third-order valence-electron chi connectivity index (χ3n) is 6.08. The Hall–Kier alpha value is -3.66. The van der Waals surface area contributed by atoms with Crippen molar-refractivity contribution in [3.05, 3.63) is 69.9 Å². The molecule has 0 spiro atoms. The number of aryl methyl sites for hydroxylation is 3. The average Bonchev–Trinajstić information content (AvgIpc) is 3.06. The zero-order valence-electron chi connectivity index (χ0n) is 21.3. The highest BCUT2D eigenvalue weighted by Crippen LogP contribution is 2.31. The molecule has 10 heteroatoms. The van der Waals surface area contributed by atoms with Gasteiger partial charge in [0.2, 0.25) is 0 Å². The van der Waals surface area contributed by atoms with Crippen molar-refractivity contribution in [1.82, 2.24) is 19.1 Å². The molecule has 0 saturated heterocycles. The summed E-state index contributed by atoms with van der Waals surface area (Å²) in [5.74, 6) is 0.312. The highest BCUT2D eigenvalue weighted by molar-refractivity contribution is 7.90. The summed E-state index contributed by atoms with van der Waals surface area (Å²) in [6.07, 6.45) is 2.84. The number of ether oxygens (including phenoxy) is 2. The van der Waals surface area contributed by atoms with E-state index in [0.29, 0.717) is 29.2 Å². The van der Waals surface area contributed by atoms with Gasteiger partial charge in [0.25, 0.3) is 5.88 Å². The molecule has 0 N–H and O–H groups in total. The highest BCUT2D eigenvalue weighted by atomic mass is 32.2. The number of pyridine rings is 2. The second-order valence-corrected chi connectivity index (χ2v) is 11.1. The Kier molecular flexibility index (Phi) is 6.90. The first-order valence-electron chi connectivity index (χ1n) is 11.5. The number of hydrogen-bond acceptors (Lipinski definition) is 7. The molecule has 3 heterocycles. The Morgan fingerprint density at radius 1 is 1.11 bits per heavy atom. The number of rotatable bonds is 8. The third-order valence-corrected chi connectivity index (χ3v) is 7.01. The van der Waals surface area contributed by atoms with Crippen molar-refractivity contribution in [2.45, 2.75) is 26.8 Å². The molecule has 0 aliphatic heterocycles. The van der Waals surface area contributed by atoms with Crippen molar-refractivity contribution in [3.8, 4) is 22.8 Å². The summed E-state index contributed by atoms with van der Waals surface area (Å²) in [7, 11) is -0.355. The molecule has 3 aromatic heterocycles. The molecule has 190 valence electrons. The van der Waals surface area contributed by atoms with Gasteiger partial charge in [-0.3, -0.25) is 9.13 Å². The molecule has 0 fully saturated rings. The van der Waals surface area contributed by atoms with Gasteiger partial charge >= 0.3 is 5.69 Å². The standard InChI is InChI=1S/C26H30N4O5S/c1-7-35-25-23(34-5)11-10-20(28-25)22(15-36(6,32)33)30-24-21(29(4)26(30)31)13-18(14-27-24)19-9-8-16(2)12-17(19)3/h8-14,22H,7,15H2,1-6H3/t22-/m1/s1. The number of methoxy groups -OCH3 is 1. The van der Waals surface area contributed by atoms with Crippen molar-refractivity contribution in [1.29, 1.82) is 0 Å². The van der Waals surface area contributed by atoms with Crippen LogP contribution >= 0.6 is 0 Å². The minimum Gasteiger partial charge on any atom is -0.491 e. The summed E-state index contributed by atoms with van der Waals surface area (Å²) in [6.45, 7) is 6.23. The maximum atomic E-state index is 13.5. The van der Waals surface area contributed by atoms with Crippen LogP contribution in [0.4, 0.5) is 0 Å². The van der Waals surface area contributed by atoms with Gasteiger partial charge in [-0.1, -0.05) is 23.8 Å². The molecule has 0 bridgehead atoms. The number of benzene rings is 1. The van der Waals surface area contributed by atoms with Gasteiger partial charge in [-0.2, -0.15) is 0 Å². The minimum atomic E-state index is -3.51. The summed E-state index contributed by atoms with van der Waals surface area (Å²) < 4.78 is 38.7. The van der Waals surface area contributed by atoms with Crippen LogP contribution in [-0.2, 0) is 16.9 Å². The normalized spacial score (nSPS) is 12.6. The fraction of sp³-hybridized carbons (Fsp3) is 0.346. The Balaban J connectivity index is 1.93. The van der Waals surface area contributed by atoms with E-state index >= 15 is 0 Å². The monoisotopic (exact) mass is 510 g/mol. The molecule has 0 aliphatic rings. The van der Waals surface area contributed by atoms with E-state index in [4.69, 9.17) is 9.47 Å². The number of aromatic nitrogens is 4. The predicted molar refractivity (Wildman–Crippen MR) is 140 cm³/mol. The van der Waals surface area contributed by atoms with Crippen molar-refractivity contribution in [2.75, 3.05) is 25.7 Å². The lowest BCUT2D eigenvalue weighted by Crippen LogP contribution is -2.31. The molecule has 4 rings (SSSR count). The van der Waals surface area contributed by atoms with Gasteiger partial charge in [0.1, 0.15) is 9.84 Å². The summed E-state index contributed by atoms with van der Waals surface area (Å²) in [5.41, 5.74) is 5.08. The second kappa shape index (κ2) is 9.77. The van der Waals surface area contributed by atoms with Gasteiger partial charge in [-0.05, 0) is 50.1 Å². The van der Waals surface area contributed by atoms with E-state index in [1.807, 2.05) is 39.0 Å². The van der Waals surface area contributed by atoms with Gasteiger partial charge in [-0.15, -0.1) is 0 Å². The van der Waals surface area contributed by atoms with Crippen molar-refractivity contribution >= 4 is 21.0 Å². The lowest BCUT2D eigenvalue weighted by atomic mass is 10.00. The molecule has 0 unspecified atom stereocenters. The van der Waals surface area contributed by atoms with Crippen molar-refractivity contribution in [3.63, 3.8) is 0 Å². The number of sulfone groups is 1. The van der Waals surface area contributed by atoms with Gasteiger partial charge in [0, 0.05) is 25.1 Å². The molecule has 1 atom stereocenters. The molecule has 0 aliphatic carbocycles. The molecular weight excluding hydrogens is 480 g/mol. The van der Waals surface area contributed by atoms with Crippen LogP contribution in [0.25, 0.3) is 22.3 Å². The Morgan fingerprint density at radius 2 is 1.86 bits per heavy atom. The van der Waals surface area contributed by atoms with Crippen LogP contribution in [-0.4, -0.2) is 53.2 Å². The molecule has 9 nitrogen and oxygen atoms in total. The molecule has 1 aromatic carbocycles. The van der Waals surface area contributed by atoms with Crippen molar-refractivity contribution in [2.24, 2.45) is 7.05 Å². The maximum Gasteiger partial charge on any atom is 0.330 e. The van der Waals surface area contributed by atoms with Crippen LogP contribution in [0.5, 0.6) is 11.6 Å². The van der Waals surface area contributed by atoms with E-state index in [-0.39, 0.29) is 17.3 Å². The smallest absolute Gasteiger partial charge is 0.330 e. The lowest BCUT2D eigenvalue weighted by Gasteiger charge is -2.19. The van der Waals surface area contributed by atoms with Crippen LogP contribution in [0.2, 0.25) is 0 Å². The summed E-state index contributed by atoms with van der Waals surface area (Å²) in [6, 6.07) is 10.5. The Bertz CT molecular complexity index is 1600. The second-order valence-electron chi connectivity index (χ2n) is 8.88. The molecule has 36 heavy (non-hydrogen) atoms. The molecule has 0 saturated carbocycles. The van der Waals surface area contributed by atoms with Gasteiger partial charge < -0.3 is 9.47 Å². The first-order chi connectivity index (χ1) is 17.0. The molecule has 0 radical (unpaired) electrons. The van der Waals surface area contributed by atoms with Crippen LogP contribution in [0.3, 0.4) is 0 Å². The first kappa shape index (κ1) is 25.4. The van der Waals surface area contributed by atoms with E-state index in [1.54, 1.807) is 25.4 Å². The average molecular weight is 511 g/mol. The lowest BCUT2D eigenvalue weighted by molar-refractivity contribution is 0.296. The largest absolute Gasteiger partial charge is 0.491 e. The molecular formula is C26H30N4O5S. The fourth-order valence-corrected chi connectivity index (χ4v) is 5.29. The number of fused-ring (bicyclic) bond motifs is 1. The summed E-state index contributed by atoms with van der Waals surface area (Å²) in [5, 5.41) is 0. The molecule has 4 aromatic rings. The zero-order chi connectivity index (χ0) is 26.2. The minimum absolute atomic E-state index is 0.231. The topological polar surface area (TPSA) is 105 Å². The van der Waals surface area contributed by atoms with E-state index in [1.165, 1.54) is 16.2 Å². The fourth-order valence-electron chi connectivity index (χ4n) is 4.40. The number of hydrogen-bond donors (Lipinski definition) is 0. The first-order valence-corrected chi connectivity index (χ1v) is 13.6. The Labute approximate surface area is 210 Å². The van der Waals surface area contributed by atoms with Crippen LogP contribution in [0.15, 0.2) is 47.4 Å². The van der Waals surface area contributed by atoms with Gasteiger partial charge in [0.05, 0.1) is 36.7 Å². The highest BCUT2D eigenvalue weighted by Gasteiger charge is 2.28. The van der Waals surface area contributed by atoms with E-state index in [0.717, 1.165) is 28.5 Å². The predicted octanol–water partition coefficient (Wildman–Crippen LogP) is 3.46. The maximum absolute atomic E-state index is 13.5. The van der Waals surface area contributed by atoms with E-state index < -0.39 is 15.9 Å². The Morgan fingerprint density at radius 3 is 2.50 bits per heavy atom. The third kappa shape index (κ3) is 4.86. The quantitative estimate of drug-likeness (QED) is 0.357. The van der Waals surface area contributed by atoms with Crippen LogP contribution < -0.4 is 15.2 Å². The zero-order valence-corrected chi connectivity index (χ0v) is 22.1. The van der Waals surface area contributed by atoms with Gasteiger partial charge in [0.15, 0.2) is 11.4 Å². The number of imidazole rings is 1. The van der Waals surface area contributed by atoms with Gasteiger partial charge in [-0.25, -0.2) is 23.2 Å². The molecule has 0 amide bonds. The SMILES string of the molecule is CCOc1nc([C@@H](CS(C)(=O)=O)n2c(=O)n(C)c3cc(-c4ccc(C)cc4C)cnc32)ccc1OC. The summed E-state index contributed by atoms with van der Waals surface area (Å²) in [4.78, 5) is 22.7. The van der Waals surface area contributed by atoms with Crippen LogP contribution in [0.1, 0.15) is 29.8 Å².